The van der Waals surface area contributed by atoms with Crippen LogP contribution in [0.1, 0.15) is 30.4 Å². The van der Waals surface area contributed by atoms with E-state index in [2.05, 4.69) is 48.0 Å². The fourth-order valence-electron chi connectivity index (χ4n) is 6.16. The van der Waals surface area contributed by atoms with Gasteiger partial charge in [0.2, 0.25) is 10.0 Å². The van der Waals surface area contributed by atoms with Gasteiger partial charge < -0.3 is 4.98 Å². The van der Waals surface area contributed by atoms with Crippen molar-refractivity contribution in [3.63, 3.8) is 0 Å². The monoisotopic (exact) mass is 608 g/mol. The molecule has 8 nitrogen and oxygen atoms in total. The summed E-state index contributed by atoms with van der Waals surface area (Å²) < 4.78 is 40.3. The van der Waals surface area contributed by atoms with E-state index in [1.165, 1.54) is 37.0 Å². The molecule has 3 aromatic heterocycles. The zero-order valence-corrected chi connectivity index (χ0v) is 25.2. The number of hydrogen-bond donors (Lipinski definition) is 3. The first-order chi connectivity index (χ1) is 21.3. The summed E-state index contributed by atoms with van der Waals surface area (Å²) in [5, 5.41) is 9.73. The number of piperidine rings is 1. The van der Waals surface area contributed by atoms with Crippen molar-refractivity contribution in [2.45, 2.75) is 32.4 Å². The van der Waals surface area contributed by atoms with Gasteiger partial charge in [0.15, 0.2) is 0 Å². The Morgan fingerprint density at radius 2 is 1.70 bits per heavy atom. The smallest absolute Gasteiger partial charge is 0.209 e. The summed E-state index contributed by atoms with van der Waals surface area (Å²) >= 11 is 0. The molecule has 7 rings (SSSR count). The highest BCUT2D eigenvalue weighted by Crippen LogP contribution is 2.36. The van der Waals surface area contributed by atoms with Crippen LogP contribution in [-0.4, -0.2) is 52.8 Å². The number of fused-ring (bicyclic) bond motifs is 2. The molecule has 1 aliphatic rings. The Morgan fingerprint density at radius 3 is 2.55 bits per heavy atom. The van der Waals surface area contributed by atoms with E-state index >= 15 is 0 Å². The van der Waals surface area contributed by atoms with Crippen molar-refractivity contribution in [1.82, 2.24) is 29.8 Å². The van der Waals surface area contributed by atoms with Crippen LogP contribution in [0.15, 0.2) is 79.1 Å². The molecule has 6 aromatic rings. The molecule has 1 fully saturated rings. The maximum absolute atomic E-state index is 14.7. The standard InChI is InChI=1S/C34H33FN6O2S/c1-44(42,43)37-19-22-12-25(15-27(35)14-22)28-6-5-7-31-29(28)17-33(38-31)34-30-16-24(8-9-32(30)39-40-34)26-13-23(18-36-20-26)21-41-10-3-2-4-11-41/h5-9,12-18,20,37-38H,2-4,10-11,19,21H2,1H3,(H,39,40). The quantitative estimate of drug-likeness (QED) is 0.180. The number of likely N-dealkylation sites (tertiary alicyclic amines) is 1. The van der Waals surface area contributed by atoms with E-state index in [1.54, 1.807) is 0 Å². The van der Waals surface area contributed by atoms with Crippen molar-refractivity contribution in [1.29, 1.82) is 0 Å². The number of benzene rings is 3. The van der Waals surface area contributed by atoms with Crippen LogP contribution in [0.4, 0.5) is 4.39 Å². The van der Waals surface area contributed by atoms with E-state index in [-0.39, 0.29) is 6.54 Å². The minimum absolute atomic E-state index is 0.0102. The molecule has 0 radical (unpaired) electrons. The average molecular weight is 609 g/mol. The predicted octanol–water partition coefficient (Wildman–Crippen LogP) is 6.61. The minimum Gasteiger partial charge on any atom is -0.353 e. The van der Waals surface area contributed by atoms with Gasteiger partial charge in [0.05, 0.1) is 17.5 Å². The van der Waals surface area contributed by atoms with Gasteiger partial charge in [-0.15, -0.1) is 0 Å². The van der Waals surface area contributed by atoms with Gasteiger partial charge in [-0.05, 0) is 102 Å². The van der Waals surface area contributed by atoms with Crippen molar-refractivity contribution in [2.24, 2.45) is 0 Å². The Bertz CT molecular complexity index is 2100. The van der Waals surface area contributed by atoms with Crippen molar-refractivity contribution in [3.8, 4) is 33.6 Å². The van der Waals surface area contributed by atoms with Crippen molar-refractivity contribution >= 4 is 31.8 Å². The van der Waals surface area contributed by atoms with E-state index in [0.717, 1.165) is 75.8 Å². The molecular weight excluding hydrogens is 575 g/mol. The largest absolute Gasteiger partial charge is 0.353 e. The van der Waals surface area contributed by atoms with Crippen LogP contribution in [0, 0.1) is 5.82 Å². The second-order valence-electron chi connectivity index (χ2n) is 11.6. The summed E-state index contributed by atoms with van der Waals surface area (Å²) in [6.45, 7) is 3.21. The molecule has 1 saturated heterocycles. The summed E-state index contributed by atoms with van der Waals surface area (Å²) in [4.78, 5) is 10.6. The summed E-state index contributed by atoms with van der Waals surface area (Å²) in [7, 11) is -3.41. The van der Waals surface area contributed by atoms with Crippen LogP contribution in [-0.2, 0) is 23.1 Å². The number of nitrogens with zero attached hydrogens (tertiary/aromatic N) is 3. The highest BCUT2D eigenvalue weighted by atomic mass is 32.2. The van der Waals surface area contributed by atoms with E-state index in [0.29, 0.717) is 11.1 Å². The highest BCUT2D eigenvalue weighted by molar-refractivity contribution is 7.88. The van der Waals surface area contributed by atoms with E-state index < -0.39 is 15.8 Å². The van der Waals surface area contributed by atoms with Gasteiger partial charge in [0.25, 0.3) is 0 Å². The van der Waals surface area contributed by atoms with Crippen LogP contribution in [0.5, 0.6) is 0 Å². The maximum Gasteiger partial charge on any atom is 0.209 e. The van der Waals surface area contributed by atoms with Crippen LogP contribution >= 0.6 is 0 Å². The van der Waals surface area contributed by atoms with Gasteiger partial charge in [-0.2, -0.15) is 5.10 Å². The number of halogens is 1. The normalized spacial score (nSPS) is 14.5. The number of aromatic amines is 2. The summed E-state index contributed by atoms with van der Waals surface area (Å²) in [5.74, 6) is -0.430. The number of H-pyrrole nitrogens is 2. The summed E-state index contributed by atoms with van der Waals surface area (Å²) in [5.41, 5.74) is 8.83. The van der Waals surface area contributed by atoms with E-state index in [4.69, 9.17) is 0 Å². The zero-order chi connectivity index (χ0) is 30.3. The zero-order valence-electron chi connectivity index (χ0n) is 24.4. The molecule has 44 heavy (non-hydrogen) atoms. The molecule has 0 bridgehead atoms. The maximum atomic E-state index is 14.7. The third-order valence-corrected chi connectivity index (χ3v) is 8.94. The number of sulfonamides is 1. The van der Waals surface area contributed by atoms with Crippen molar-refractivity contribution < 1.29 is 12.8 Å². The Balaban J connectivity index is 1.23. The molecular formula is C34H33FN6O2S. The molecule has 0 spiro atoms. The topological polar surface area (TPSA) is 107 Å². The summed E-state index contributed by atoms with van der Waals surface area (Å²) in [6.07, 6.45) is 8.79. The first-order valence-corrected chi connectivity index (χ1v) is 16.7. The second-order valence-corrected chi connectivity index (χ2v) is 13.5. The molecule has 4 heterocycles. The number of nitrogens with one attached hydrogen (secondary N) is 3. The van der Waals surface area contributed by atoms with Gasteiger partial charge >= 0.3 is 0 Å². The fourth-order valence-corrected chi connectivity index (χ4v) is 6.59. The van der Waals surface area contributed by atoms with Crippen LogP contribution in [0.25, 0.3) is 55.4 Å². The Morgan fingerprint density at radius 1 is 0.864 bits per heavy atom. The number of pyridine rings is 1. The van der Waals surface area contributed by atoms with E-state index in [9.17, 15) is 12.8 Å². The molecule has 10 heteroatoms. The van der Waals surface area contributed by atoms with Gasteiger partial charge in [-0.1, -0.05) is 24.6 Å². The minimum atomic E-state index is -3.41. The molecule has 3 aromatic carbocycles. The predicted molar refractivity (Wildman–Crippen MR) is 173 cm³/mol. The second kappa shape index (κ2) is 11.6. The lowest BCUT2D eigenvalue weighted by Crippen LogP contribution is -2.29. The first kappa shape index (κ1) is 28.4. The molecule has 0 atom stereocenters. The van der Waals surface area contributed by atoms with Crippen LogP contribution in [0.2, 0.25) is 0 Å². The molecule has 0 saturated carbocycles. The SMILES string of the molecule is CS(=O)(=O)NCc1cc(F)cc(-c2cccc3[nH]c(-c4n[nH]c5ccc(-c6cncc(CN7CCCCC7)c6)cc45)cc23)c1. The summed E-state index contributed by atoms with van der Waals surface area (Å²) in [6, 6.07) is 21.0. The highest BCUT2D eigenvalue weighted by Gasteiger charge is 2.16. The molecule has 0 aliphatic carbocycles. The van der Waals surface area contributed by atoms with E-state index in [1.807, 2.05) is 48.8 Å². The van der Waals surface area contributed by atoms with Gasteiger partial charge in [-0.25, -0.2) is 17.5 Å². The lowest BCUT2D eigenvalue weighted by molar-refractivity contribution is 0.220. The first-order valence-electron chi connectivity index (χ1n) is 14.8. The molecule has 3 N–H and O–H groups in total. The Hall–Kier alpha value is -4.38. The van der Waals surface area contributed by atoms with Crippen molar-refractivity contribution in [2.75, 3.05) is 19.3 Å². The third kappa shape index (κ3) is 6.01. The Labute approximate surface area is 255 Å². The lowest BCUT2D eigenvalue weighted by atomic mass is 9.99. The van der Waals surface area contributed by atoms with Gasteiger partial charge in [0, 0.05) is 47.3 Å². The molecule has 0 amide bonds. The van der Waals surface area contributed by atoms with Crippen molar-refractivity contribution in [3.05, 3.63) is 96.1 Å². The van der Waals surface area contributed by atoms with Crippen LogP contribution < -0.4 is 4.72 Å². The third-order valence-electron chi connectivity index (χ3n) is 8.27. The molecule has 0 unspecified atom stereocenters. The fraction of sp³-hybridized carbons (Fsp3) is 0.235. The Kier molecular flexibility index (Phi) is 7.49. The molecule has 224 valence electrons. The van der Waals surface area contributed by atoms with Crippen LogP contribution in [0.3, 0.4) is 0 Å². The number of aromatic nitrogens is 4. The number of hydrogen-bond acceptors (Lipinski definition) is 5. The molecule has 1 aliphatic heterocycles. The lowest BCUT2D eigenvalue weighted by Gasteiger charge is -2.26. The van der Waals surface area contributed by atoms with Gasteiger partial charge in [-0.3, -0.25) is 15.0 Å². The average Bonchev–Trinajstić information content (AvgIpc) is 3.64. The number of rotatable bonds is 8. The van der Waals surface area contributed by atoms with Gasteiger partial charge in [0.1, 0.15) is 11.5 Å².